The Labute approximate surface area is 153 Å². The standard InChI is InChI=1S/C19H24N6O/c1-13-10-15(4-5-16(13)26-3)23-6-8-24(9-7-23)18-12-17(20)25-19(21-18)11-14(2)22-25/h4-5,10-12H,6-9,20H2,1-3H3. The lowest BCUT2D eigenvalue weighted by molar-refractivity contribution is 0.411. The van der Waals surface area contributed by atoms with Crippen molar-refractivity contribution in [2.24, 2.45) is 0 Å². The molecule has 1 saturated heterocycles. The maximum atomic E-state index is 6.15. The Morgan fingerprint density at radius 2 is 1.73 bits per heavy atom. The third-order valence-corrected chi connectivity index (χ3v) is 4.91. The number of fused-ring (bicyclic) bond motifs is 1. The molecule has 0 spiro atoms. The van der Waals surface area contributed by atoms with Crippen LogP contribution in [-0.4, -0.2) is 47.9 Å². The van der Waals surface area contributed by atoms with Gasteiger partial charge in [-0.15, -0.1) is 0 Å². The van der Waals surface area contributed by atoms with Gasteiger partial charge < -0.3 is 20.3 Å². The van der Waals surface area contributed by atoms with Crippen molar-refractivity contribution in [3.05, 3.63) is 41.6 Å². The van der Waals surface area contributed by atoms with Crippen molar-refractivity contribution >= 4 is 23.0 Å². The summed E-state index contributed by atoms with van der Waals surface area (Å²) < 4.78 is 7.05. The first-order chi connectivity index (χ1) is 12.5. The summed E-state index contributed by atoms with van der Waals surface area (Å²) in [7, 11) is 1.71. The number of nitrogen functional groups attached to an aromatic ring is 1. The minimum absolute atomic E-state index is 0.617. The molecule has 0 saturated carbocycles. The van der Waals surface area contributed by atoms with Crippen LogP contribution < -0.4 is 20.3 Å². The first kappa shape index (κ1) is 16.5. The highest BCUT2D eigenvalue weighted by atomic mass is 16.5. The maximum Gasteiger partial charge on any atom is 0.159 e. The lowest BCUT2D eigenvalue weighted by atomic mass is 10.1. The van der Waals surface area contributed by atoms with Gasteiger partial charge in [-0.25, -0.2) is 4.98 Å². The summed E-state index contributed by atoms with van der Waals surface area (Å²) in [6.07, 6.45) is 0. The van der Waals surface area contributed by atoms with Crippen molar-refractivity contribution in [1.82, 2.24) is 14.6 Å². The summed E-state index contributed by atoms with van der Waals surface area (Å²) in [6.45, 7) is 7.72. The van der Waals surface area contributed by atoms with E-state index in [9.17, 15) is 0 Å². The number of anilines is 3. The predicted molar refractivity (Wildman–Crippen MR) is 104 cm³/mol. The van der Waals surface area contributed by atoms with E-state index >= 15 is 0 Å². The number of aromatic nitrogens is 3. The van der Waals surface area contributed by atoms with Gasteiger partial charge in [0.15, 0.2) is 5.65 Å². The number of piperazine rings is 1. The highest BCUT2D eigenvalue weighted by Crippen LogP contribution is 2.26. The first-order valence-corrected chi connectivity index (χ1v) is 8.82. The van der Waals surface area contributed by atoms with Crippen LogP contribution in [0.2, 0.25) is 0 Å². The molecule has 7 heteroatoms. The Kier molecular flexibility index (Phi) is 4.06. The summed E-state index contributed by atoms with van der Waals surface area (Å²) in [5, 5.41) is 4.37. The summed E-state index contributed by atoms with van der Waals surface area (Å²) >= 11 is 0. The molecule has 2 aromatic heterocycles. The molecule has 1 aliphatic rings. The molecule has 1 aromatic carbocycles. The lowest BCUT2D eigenvalue weighted by Crippen LogP contribution is -2.46. The van der Waals surface area contributed by atoms with Crippen molar-refractivity contribution in [3.63, 3.8) is 0 Å². The fraction of sp³-hybridized carbons (Fsp3) is 0.368. The number of hydrogen-bond acceptors (Lipinski definition) is 6. The van der Waals surface area contributed by atoms with Crippen LogP contribution in [0.5, 0.6) is 5.75 Å². The van der Waals surface area contributed by atoms with Crippen LogP contribution in [0.3, 0.4) is 0 Å². The van der Waals surface area contributed by atoms with Crippen LogP contribution in [0.4, 0.5) is 17.3 Å². The third-order valence-electron chi connectivity index (χ3n) is 4.91. The molecule has 1 aliphatic heterocycles. The summed E-state index contributed by atoms with van der Waals surface area (Å²) in [6, 6.07) is 10.2. The molecule has 2 N–H and O–H groups in total. The summed E-state index contributed by atoms with van der Waals surface area (Å²) in [5.41, 5.74) is 10.3. The van der Waals surface area contributed by atoms with Crippen LogP contribution >= 0.6 is 0 Å². The van der Waals surface area contributed by atoms with E-state index in [0.29, 0.717) is 5.82 Å². The normalized spacial score (nSPS) is 14.9. The minimum Gasteiger partial charge on any atom is -0.496 e. The summed E-state index contributed by atoms with van der Waals surface area (Å²) in [5.74, 6) is 2.46. The van der Waals surface area contributed by atoms with Crippen molar-refractivity contribution in [3.8, 4) is 5.75 Å². The van der Waals surface area contributed by atoms with E-state index in [1.807, 2.05) is 25.1 Å². The second-order valence-electron chi connectivity index (χ2n) is 6.72. The first-order valence-electron chi connectivity index (χ1n) is 8.82. The van der Waals surface area contributed by atoms with Crippen molar-refractivity contribution in [2.45, 2.75) is 13.8 Å². The fourth-order valence-electron chi connectivity index (χ4n) is 3.51. The quantitative estimate of drug-likeness (QED) is 0.780. The topological polar surface area (TPSA) is 71.9 Å². The van der Waals surface area contributed by atoms with Crippen LogP contribution in [0.15, 0.2) is 30.3 Å². The van der Waals surface area contributed by atoms with Gasteiger partial charge in [0.2, 0.25) is 0 Å². The highest BCUT2D eigenvalue weighted by molar-refractivity contribution is 5.58. The molecular formula is C19H24N6O. The van der Waals surface area contributed by atoms with Crippen LogP contribution in [-0.2, 0) is 0 Å². The van der Waals surface area contributed by atoms with E-state index < -0.39 is 0 Å². The van der Waals surface area contributed by atoms with Crippen LogP contribution in [0.25, 0.3) is 5.65 Å². The molecular weight excluding hydrogens is 328 g/mol. The van der Waals surface area contributed by atoms with Gasteiger partial charge >= 0.3 is 0 Å². The summed E-state index contributed by atoms with van der Waals surface area (Å²) in [4.78, 5) is 9.41. The molecule has 3 aromatic rings. The zero-order valence-corrected chi connectivity index (χ0v) is 15.4. The van der Waals surface area contributed by atoms with Gasteiger partial charge in [-0.2, -0.15) is 9.61 Å². The van der Waals surface area contributed by atoms with Gasteiger partial charge in [0.1, 0.15) is 17.4 Å². The lowest BCUT2D eigenvalue weighted by Gasteiger charge is -2.37. The highest BCUT2D eigenvalue weighted by Gasteiger charge is 2.20. The average Bonchev–Trinajstić information content (AvgIpc) is 3.03. The van der Waals surface area contributed by atoms with Gasteiger partial charge in [0.05, 0.1) is 12.8 Å². The van der Waals surface area contributed by atoms with Gasteiger partial charge in [0, 0.05) is 44.0 Å². The van der Waals surface area contributed by atoms with Crippen molar-refractivity contribution in [2.75, 3.05) is 48.8 Å². The molecule has 0 radical (unpaired) electrons. The molecule has 26 heavy (non-hydrogen) atoms. The zero-order valence-electron chi connectivity index (χ0n) is 15.4. The van der Waals surface area contributed by atoms with E-state index in [4.69, 9.17) is 15.5 Å². The number of aryl methyl sites for hydroxylation is 2. The van der Waals surface area contributed by atoms with Crippen LogP contribution in [0.1, 0.15) is 11.3 Å². The molecule has 0 amide bonds. The number of benzene rings is 1. The predicted octanol–water partition coefficient (Wildman–Crippen LogP) is 2.26. The van der Waals surface area contributed by atoms with Crippen molar-refractivity contribution in [1.29, 1.82) is 0 Å². The van der Waals surface area contributed by atoms with Crippen molar-refractivity contribution < 1.29 is 4.74 Å². The molecule has 0 aliphatic carbocycles. The number of ether oxygens (including phenoxy) is 1. The van der Waals surface area contributed by atoms with Gasteiger partial charge in [-0.1, -0.05) is 0 Å². The Balaban J connectivity index is 1.50. The molecule has 0 atom stereocenters. The SMILES string of the molecule is COc1ccc(N2CCN(c3cc(N)n4nc(C)cc4n3)CC2)cc1C. The third kappa shape index (κ3) is 2.89. The molecule has 1 fully saturated rings. The van der Waals surface area contributed by atoms with E-state index in [0.717, 1.165) is 54.7 Å². The molecule has 0 unspecified atom stereocenters. The second kappa shape index (κ2) is 6.40. The number of rotatable bonds is 3. The Morgan fingerprint density at radius 1 is 1.00 bits per heavy atom. The van der Waals surface area contributed by atoms with E-state index in [1.54, 1.807) is 11.6 Å². The van der Waals surface area contributed by atoms with Gasteiger partial charge in [-0.3, -0.25) is 0 Å². The largest absolute Gasteiger partial charge is 0.496 e. The Hall–Kier alpha value is -2.96. The van der Waals surface area contributed by atoms with Gasteiger partial charge in [-0.05, 0) is 37.6 Å². The number of nitrogens with zero attached hydrogens (tertiary/aromatic N) is 5. The molecule has 4 rings (SSSR count). The van der Waals surface area contributed by atoms with E-state index in [1.165, 1.54) is 5.69 Å². The smallest absolute Gasteiger partial charge is 0.159 e. The Morgan fingerprint density at radius 3 is 2.42 bits per heavy atom. The zero-order chi connectivity index (χ0) is 18.3. The Bertz CT molecular complexity index is 943. The number of nitrogens with two attached hydrogens (primary N) is 1. The maximum absolute atomic E-state index is 6.15. The fourth-order valence-corrected chi connectivity index (χ4v) is 3.51. The monoisotopic (exact) mass is 352 g/mol. The molecule has 7 nitrogen and oxygen atoms in total. The molecule has 136 valence electrons. The van der Waals surface area contributed by atoms with Crippen LogP contribution in [0, 0.1) is 13.8 Å². The average molecular weight is 352 g/mol. The number of methoxy groups -OCH3 is 1. The molecule has 0 bridgehead atoms. The minimum atomic E-state index is 0.617. The number of hydrogen-bond donors (Lipinski definition) is 1. The van der Waals surface area contributed by atoms with E-state index in [2.05, 4.69) is 34.0 Å². The van der Waals surface area contributed by atoms with Gasteiger partial charge in [0.25, 0.3) is 0 Å². The molecule has 3 heterocycles. The van der Waals surface area contributed by atoms with E-state index in [-0.39, 0.29) is 0 Å². The second-order valence-corrected chi connectivity index (χ2v) is 6.72.